The molecule has 1 N–H and O–H groups in total. The standard InChI is InChI=1S/C24H35NO6/c1-22(2,12-7-5-6-8-14-30-25(28)29)17-9-10-19-20-16-18(26)11-13-24(20,27)23(3,4)31-21(19)15-17/h9-10,15,20,27H,5-8,11-14,16H2,1-4H3/t20-,24-/m1/s1. The summed E-state index contributed by atoms with van der Waals surface area (Å²) in [5, 5.41) is 20.9. The summed E-state index contributed by atoms with van der Waals surface area (Å²) in [7, 11) is 0. The fourth-order valence-electron chi connectivity index (χ4n) is 5.09. The van der Waals surface area contributed by atoms with Crippen LogP contribution in [-0.4, -0.2) is 33.8 Å². The Kier molecular flexibility index (Phi) is 6.65. The molecule has 1 aromatic rings. The summed E-state index contributed by atoms with van der Waals surface area (Å²) >= 11 is 0. The lowest BCUT2D eigenvalue weighted by Crippen LogP contribution is -2.62. The molecule has 1 heterocycles. The van der Waals surface area contributed by atoms with Crippen LogP contribution in [0.3, 0.4) is 0 Å². The Labute approximate surface area is 184 Å². The van der Waals surface area contributed by atoms with Gasteiger partial charge < -0.3 is 14.7 Å². The summed E-state index contributed by atoms with van der Waals surface area (Å²) in [5.74, 6) is 0.745. The van der Waals surface area contributed by atoms with E-state index in [0.717, 1.165) is 37.0 Å². The van der Waals surface area contributed by atoms with Gasteiger partial charge in [-0.25, -0.2) is 0 Å². The van der Waals surface area contributed by atoms with E-state index in [-0.39, 0.29) is 23.7 Å². The van der Waals surface area contributed by atoms with Gasteiger partial charge in [-0.15, -0.1) is 10.1 Å². The average molecular weight is 434 g/mol. The fraction of sp³-hybridized carbons (Fsp3) is 0.708. The van der Waals surface area contributed by atoms with Crippen LogP contribution in [0.5, 0.6) is 5.75 Å². The number of aliphatic hydroxyl groups is 1. The number of carbonyl (C=O) groups is 1. The smallest absolute Gasteiger partial charge is 0.294 e. The van der Waals surface area contributed by atoms with Crippen molar-refractivity contribution >= 4 is 5.78 Å². The molecule has 1 aliphatic carbocycles. The van der Waals surface area contributed by atoms with Crippen molar-refractivity contribution in [2.24, 2.45) is 0 Å². The lowest BCUT2D eigenvalue weighted by atomic mass is 9.62. The first-order chi connectivity index (χ1) is 14.5. The molecule has 0 spiro atoms. The number of hydrogen-bond donors (Lipinski definition) is 1. The highest BCUT2D eigenvalue weighted by Gasteiger charge is 2.57. The Balaban J connectivity index is 1.68. The fourth-order valence-corrected chi connectivity index (χ4v) is 5.09. The summed E-state index contributed by atoms with van der Waals surface area (Å²) in [4.78, 5) is 26.7. The number of hydrogen-bond acceptors (Lipinski definition) is 6. The zero-order chi connectivity index (χ0) is 22.9. The van der Waals surface area contributed by atoms with Gasteiger partial charge in [0.25, 0.3) is 5.09 Å². The second-order valence-electron chi connectivity index (χ2n) is 10.2. The Bertz CT molecular complexity index is 833. The Morgan fingerprint density at radius 3 is 2.68 bits per heavy atom. The highest BCUT2D eigenvalue weighted by Crippen LogP contribution is 2.54. The van der Waals surface area contributed by atoms with Gasteiger partial charge in [0.2, 0.25) is 0 Å². The Morgan fingerprint density at radius 2 is 1.97 bits per heavy atom. The van der Waals surface area contributed by atoms with Crippen molar-refractivity contribution in [1.82, 2.24) is 0 Å². The quantitative estimate of drug-likeness (QED) is 0.339. The number of fused-ring (bicyclic) bond motifs is 3. The molecule has 0 saturated heterocycles. The SMILES string of the molecule is CC(C)(CCCCCCO[N+](=O)[O-])c1ccc2c(c1)OC(C)(C)[C@@]1(O)CCC(=O)C[C@H]21. The number of nitrogens with zero attached hydrogens (tertiary/aromatic N) is 1. The van der Waals surface area contributed by atoms with E-state index in [2.05, 4.69) is 30.8 Å². The largest absolute Gasteiger partial charge is 0.485 e. The zero-order valence-corrected chi connectivity index (χ0v) is 19.1. The first-order valence-corrected chi connectivity index (χ1v) is 11.3. The van der Waals surface area contributed by atoms with Gasteiger partial charge in [-0.3, -0.25) is 4.79 Å². The van der Waals surface area contributed by atoms with E-state index in [4.69, 9.17) is 4.74 Å². The predicted molar refractivity (Wildman–Crippen MR) is 117 cm³/mol. The summed E-state index contributed by atoms with van der Waals surface area (Å²) < 4.78 is 6.32. The first kappa shape index (κ1) is 23.5. The van der Waals surface area contributed by atoms with Crippen LogP contribution in [0.1, 0.15) is 96.1 Å². The van der Waals surface area contributed by atoms with Gasteiger partial charge in [0.15, 0.2) is 0 Å². The van der Waals surface area contributed by atoms with Crippen LogP contribution in [-0.2, 0) is 15.0 Å². The maximum atomic E-state index is 12.2. The second kappa shape index (κ2) is 8.77. The molecular formula is C24H35NO6. The van der Waals surface area contributed by atoms with E-state index in [1.165, 1.54) is 5.56 Å². The number of ketones is 1. The predicted octanol–water partition coefficient (Wildman–Crippen LogP) is 4.86. The van der Waals surface area contributed by atoms with Crippen LogP contribution < -0.4 is 4.74 Å². The molecule has 3 rings (SSSR count). The number of ether oxygens (including phenoxy) is 1. The van der Waals surface area contributed by atoms with Crippen LogP contribution in [0.4, 0.5) is 0 Å². The molecule has 1 aromatic carbocycles. The molecule has 7 heteroatoms. The van der Waals surface area contributed by atoms with E-state index in [0.29, 0.717) is 25.7 Å². The Morgan fingerprint density at radius 1 is 1.26 bits per heavy atom. The van der Waals surface area contributed by atoms with Crippen molar-refractivity contribution in [3.05, 3.63) is 39.4 Å². The van der Waals surface area contributed by atoms with Gasteiger partial charge in [-0.1, -0.05) is 45.2 Å². The monoisotopic (exact) mass is 433 g/mol. The van der Waals surface area contributed by atoms with E-state index in [9.17, 15) is 20.0 Å². The summed E-state index contributed by atoms with van der Waals surface area (Å²) in [6, 6.07) is 6.22. The van der Waals surface area contributed by atoms with Crippen molar-refractivity contribution in [2.45, 2.75) is 102 Å². The van der Waals surface area contributed by atoms with E-state index >= 15 is 0 Å². The number of benzene rings is 1. The molecule has 172 valence electrons. The van der Waals surface area contributed by atoms with E-state index in [1.54, 1.807) is 0 Å². The van der Waals surface area contributed by atoms with Gasteiger partial charge in [-0.05, 0) is 50.2 Å². The van der Waals surface area contributed by atoms with Crippen molar-refractivity contribution < 1.29 is 24.6 Å². The lowest BCUT2D eigenvalue weighted by molar-refractivity contribution is -0.757. The minimum Gasteiger partial charge on any atom is -0.485 e. The molecule has 0 radical (unpaired) electrons. The summed E-state index contributed by atoms with van der Waals surface area (Å²) in [5.41, 5.74) is 0.242. The number of rotatable bonds is 9. The maximum Gasteiger partial charge on any atom is 0.294 e. The minimum absolute atomic E-state index is 0.0595. The van der Waals surface area contributed by atoms with Crippen molar-refractivity contribution in [3.63, 3.8) is 0 Å². The van der Waals surface area contributed by atoms with Crippen molar-refractivity contribution in [1.29, 1.82) is 0 Å². The van der Waals surface area contributed by atoms with Crippen molar-refractivity contribution in [3.8, 4) is 5.75 Å². The molecule has 1 fully saturated rings. The first-order valence-electron chi connectivity index (χ1n) is 11.3. The minimum atomic E-state index is -1.04. The second-order valence-corrected chi connectivity index (χ2v) is 10.2. The summed E-state index contributed by atoms with van der Waals surface area (Å²) in [6.45, 7) is 8.40. The van der Waals surface area contributed by atoms with Gasteiger partial charge in [-0.2, -0.15) is 0 Å². The molecule has 0 bridgehead atoms. The Hall–Kier alpha value is -2.15. The van der Waals surface area contributed by atoms with Crippen LogP contribution in [0, 0.1) is 10.1 Å². The molecule has 1 saturated carbocycles. The van der Waals surface area contributed by atoms with Gasteiger partial charge >= 0.3 is 0 Å². The van der Waals surface area contributed by atoms with Crippen LogP contribution in [0.15, 0.2) is 18.2 Å². The van der Waals surface area contributed by atoms with Gasteiger partial charge in [0, 0.05) is 24.3 Å². The third-order valence-corrected chi connectivity index (χ3v) is 7.26. The zero-order valence-electron chi connectivity index (χ0n) is 19.1. The molecule has 0 unspecified atom stereocenters. The topological polar surface area (TPSA) is 98.9 Å². The van der Waals surface area contributed by atoms with E-state index in [1.807, 2.05) is 19.9 Å². The average Bonchev–Trinajstić information content (AvgIpc) is 2.68. The molecule has 0 aromatic heterocycles. The molecule has 2 atom stereocenters. The molecule has 0 amide bonds. The molecule has 2 aliphatic rings. The molecular weight excluding hydrogens is 398 g/mol. The molecule has 31 heavy (non-hydrogen) atoms. The van der Waals surface area contributed by atoms with Crippen LogP contribution >= 0.6 is 0 Å². The van der Waals surface area contributed by atoms with Crippen molar-refractivity contribution in [2.75, 3.05) is 6.61 Å². The van der Waals surface area contributed by atoms with E-state index < -0.39 is 16.3 Å². The molecule has 7 nitrogen and oxygen atoms in total. The van der Waals surface area contributed by atoms with Gasteiger partial charge in [0.1, 0.15) is 22.7 Å². The van der Waals surface area contributed by atoms with Gasteiger partial charge in [0.05, 0.1) is 6.61 Å². The number of carbonyl (C=O) groups excluding carboxylic acids is 1. The number of unbranched alkanes of at least 4 members (excludes halogenated alkanes) is 3. The normalized spacial score (nSPS) is 24.7. The lowest BCUT2D eigenvalue weighted by Gasteiger charge is -2.53. The maximum absolute atomic E-state index is 12.2. The highest BCUT2D eigenvalue weighted by atomic mass is 16.9. The van der Waals surface area contributed by atoms with Crippen LogP contribution in [0.2, 0.25) is 0 Å². The third-order valence-electron chi connectivity index (χ3n) is 7.26. The molecule has 1 aliphatic heterocycles. The number of Topliss-reactive ketones (excluding diaryl/α,β-unsaturated/α-hetero) is 1. The highest BCUT2D eigenvalue weighted by molar-refractivity contribution is 5.81. The summed E-state index contributed by atoms with van der Waals surface area (Å²) in [6.07, 6.45) is 5.78. The van der Waals surface area contributed by atoms with Crippen LogP contribution in [0.25, 0.3) is 0 Å². The third kappa shape index (κ3) is 4.86.